The van der Waals surface area contributed by atoms with E-state index in [4.69, 9.17) is 0 Å². The zero-order valence-electron chi connectivity index (χ0n) is 11.7. The van der Waals surface area contributed by atoms with E-state index in [1.54, 1.807) is 11.3 Å². The number of aromatic nitrogens is 1. The number of hydrogen-bond donors (Lipinski definition) is 1. The van der Waals surface area contributed by atoms with Gasteiger partial charge in [0, 0.05) is 10.4 Å². The minimum atomic E-state index is -0.112. The number of aryl methyl sites for hydroxylation is 2. The molecule has 1 amide bonds. The number of rotatable bonds is 3. The third kappa shape index (κ3) is 2.89. The molecule has 0 fully saturated rings. The highest BCUT2D eigenvalue weighted by molar-refractivity contribution is 7.17. The maximum absolute atomic E-state index is 12.3. The van der Waals surface area contributed by atoms with Gasteiger partial charge in [0.2, 0.25) is 0 Å². The largest absolute Gasteiger partial charge is 0.298 e. The molecule has 0 aliphatic carbocycles. The smallest absolute Gasteiger partial charge is 0.257 e. The first-order valence-electron chi connectivity index (χ1n) is 6.53. The van der Waals surface area contributed by atoms with Gasteiger partial charge in [0.05, 0.1) is 10.6 Å². The van der Waals surface area contributed by atoms with E-state index in [1.807, 2.05) is 55.6 Å². The zero-order chi connectivity index (χ0) is 14.8. The van der Waals surface area contributed by atoms with Crippen LogP contribution in [0, 0.1) is 13.8 Å². The van der Waals surface area contributed by atoms with Gasteiger partial charge in [-0.05, 0) is 36.9 Å². The highest BCUT2D eigenvalue weighted by Crippen LogP contribution is 2.33. The maximum Gasteiger partial charge on any atom is 0.257 e. The SMILES string of the molecule is Cc1ccccc1C(=O)Nc1nc(-c2cccs2)c(C)s1. The van der Waals surface area contributed by atoms with Gasteiger partial charge < -0.3 is 0 Å². The summed E-state index contributed by atoms with van der Waals surface area (Å²) in [6.45, 7) is 3.95. The van der Waals surface area contributed by atoms with Gasteiger partial charge in [-0.2, -0.15) is 0 Å². The van der Waals surface area contributed by atoms with Crippen LogP contribution in [-0.4, -0.2) is 10.9 Å². The highest BCUT2D eigenvalue weighted by atomic mass is 32.1. The van der Waals surface area contributed by atoms with Crippen molar-refractivity contribution < 1.29 is 4.79 Å². The summed E-state index contributed by atoms with van der Waals surface area (Å²) in [5.74, 6) is -0.112. The number of benzene rings is 1. The van der Waals surface area contributed by atoms with Crippen LogP contribution in [0.25, 0.3) is 10.6 Å². The topological polar surface area (TPSA) is 42.0 Å². The molecule has 2 heterocycles. The molecule has 1 aromatic carbocycles. The number of amides is 1. The molecule has 1 N–H and O–H groups in total. The lowest BCUT2D eigenvalue weighted by molar-refractivity contribution is 0.102. The van der Waals surface area contributed by atoms with Crippen LogP contribution in [0.4, 0.5) is 5.13 Å². The molecule has 3 nitrogen and oxygen atoms in total. The van der Waals surface area contributed by atoms with Gasteiger partial charge in [-0.15, -0.1) is 22.7 Å². The van der Waals surface area contributed by atoms with Gasteiger partial charge in [-0.3, -0.25) is 10.1 Å². The fourth-order valence-corrected chi connectivity index (χ4v) is 3.74. The molecule has 0 saturated heterocycles. The predicted molar refractivity (Wildman–Crippen MR) is 89.3 cm³/mol. The summed E-state index contributed by atoms with van der Waals surface area (Å²) in [6.07, 6.45) is 0. The molecule has 0 unspecified atom stereocenters. The summed E-state index contributed by atoms with van der Waals surface area (Å²) in [5, 5.41) is 5.57. The van der Waals surface area contributed by atoms with E-state index in [1.165, 1.54) is 11.3 Å². The standard InChI is InChI=1S/C16H14N2OS2/c1-10-6-3-4-7-12(10)15(19)18-16-17-14(11(2)21-16)13-8-5-9-20-13/h3-9H,1-2H3,(H,17,18,19). The second-order valence-corrected chi connectivity index (χ2v) is 6.82. The number of hydrogen-bond acceptors (Lipinski definition) is 4. The molecule has 5 heteroatoms. The van der Waals surface area contributed by atoms with Crippen molar-refractivity contribution in [3.05, 3.63) is 57.8 Å². The van der Waals surface area contributed by atoms with Crippen LogP contribution < -0.4 is 5.32 Å². The number of thiophene rings is 1. The van der Waals surface area contributed by atoms with Gasteiger partial charge in [-0.25, -0.2) is 4.98 Å². The molecule has 21 heavy (non-hydrogen) atoms. The number of carbonyl (C=O) groups is 1. The van der Waals surface area contributed by atoms with Crippen molar-refractivity contribution in [2.24, 2.45) is 0 Å². The maximum atomic E-state index is 12.3. The van der Waals surface area contributed by atoms with E-state index in [9.17, 15) is 4.79 Å². The molecule has 0 aliphatic heterocycles. The Morgan fingerprint density at radius 1 is 1.14 bits per heavy atom. The number of nitrogens with zero attached hydrogens (tertiary/aromatic N) is 1. The zero-order valence-corrected chi connectivity index (χ0v) is 13.3. The first-order valence-corrected chi connectivity index (χ1v) is 8.23. The monoisotopic (exact) mass is 314 g/mol. The Kier molecular flexibility index (Phi) is 3.86. The Morgan fingerprint density at radius 2 is 1.95 bits per heavy atom. The Labute approximate surface area is 131 Å². The average molecular weight is 314 g/mol. The number of anilines is 1. The predicted octanol–water partition coefficient (Wildman–Crippen LogP) is 4.74. The highest BCUT2D eigenvalue weighted by Gasteiger charge is 2.14. The molecule has 3 aromatic rings. The van der Waals surface area contributed by atoms with Crippen molar-refractivity contribution in [1.82, 2.24) is 4.98 Å². The summed E-state index contributed by atoms with van der Waals surface area (Å²) >= 11 is 3.16. The Balaban J connectivity index is 1.85. The fourth-order valence-electron chi connectivity index (χ4n) is 2.08. The normalized spacial score (nSPS) is 10.6. The van der Waals surface area contributed by atoms with Crippen LogP contribution >= 0.6 is 22.7 Å². The lowest BCUT2D eigenvalue weighted by Crippen LogP contribution is -2.12. The first kappa shape index (κ1) is 14.0. The summed E-state index contributed by atoms with van der Waals surface area (Å²) in [6, 6.07) is 11.6. The Morgan fingerprint density at radius 3 is 2.67 bits per heavy atom. The lowest BCUT2D eigenvalue weighted by Gasteiger charge is -2.04. The van der Waals surface area contributed by atoms with Gasteiger partial charge in [0.1, 0.15) is 0 Å². The molecule has 0 saturated carbocycles. The van der Waals surface area contributed by atoms with Crippen molar-refractivity contribution in [2.45, 2.75) is 13.8 Å². The van der Waals surface area contributed by atoms with Crippen LogP contribution in [0.1, 0.15) is 20.8 Å². The summed E-state index contributed by atoms with van der Waals surface area (Å²) < 4.78 is 0. The quantitative estimate of drug-likeness (QED) is 0.758. The number of thiazole rings is 1. The van der Waals surface area contributed by atoms with E-state index in [0.29, 0.717) is 10.7 Å². The number of carbonyl (C=O) groups excluding carboxylic acids is 1. The van der Waals surface area contributed by atoms with Crippen LogP contribution in [0.5, 0.6) is 0 Å². The number of nitrogens with one attached hydrogen (secondary N) is 1. The third-order valence-corrected chi connectivity index (χ3v) is 4.92. The fraction of sp³-hybridized carbons (Fsp3) is 0.125. The molecule has 0 aliphatic rings. The van der Waals surface area contributed by atoms with Crippen molar-refractivity contribution in [1.29, 1.82) is 0 Å². The third-order valence-electron chi connectivity index (χ3n) is 3.16. The van der Waals surface area contributed by atoms with Gasteiger partial charge in [0.25, 0.3) is 5.91 Å². The van der Waals surface area contributed by atoms with Gasteiger partial charge in [0.15, 0.2) is 5.13 Å². The summed E-state index contributed by atoms with van der Waals surface area (Å²) in [7, 11) is 0. The minimum absolute atomic E-state index is 0.112. The van der Waals surface area contributed by atoms with Crippen LogP contribution in [0.15, 0.2) is 41.8 Å². The van der Waals surface area contributed by atoms with Crippen LogP contribution in [0.2, 0.25) is 0 Å². The summed E-state index contributed by atoms with van der Waals surface area (Å²) in [4.78, 5) is 19.1. The molecular weight excluding hydrogens is 300 g/mol. The molecule has 0 bridgehead atoms. The average Bonchev–Trinajstić information content (AvgIpc) is 3.08. The molecule has 0 radical (unpaired) electrons. The van der Waals surface area contributed by atoms with E-state index < -0.39 is 0 Å². The Bertz CT molecular complexity index is 775. The molecule has 0 atom stereocenters. The molecule has 2 aromatic heterocycles. The second kappa shape index (κ2) is 5.79. The van der Waals surface area contributed by atoms with E-state index in [0.717, 1.165) is 21.0 Å². The van der Waals surface area contributed by atoms with E-state index in [2.05, 4.69) is 10.3 Å². The van der Waals surface area contributed by atoms with Gasteiger partial charge >= 0.3 is 0 Å². The second-order valence-electron chi connectivity index (χ2n) is 4.67. The van der Waals surface area contributed by atoms with Gasteiger partial charge in [-0.1, -0.05) is 24.3 Å². The summed E-state index contributed by atoms with van der Waals surface area (Å²) in [5.41, 5.74) is 2.60. The van der Waals surface area contributed by atoms with Crippen LogP contribution in [0.3, 0.4) is 0 Å². The van der Waals surface area contributed by atoms with E-state index in [-0.39, 0.29) is 5.91 Å². The first-order chi connectivity index (χ1) is 10.1. The molecule has 3 rings (SSSR count). The van der Waals surface area contributed by atoms with Crippen molar-refractivity contribution in [3.8, 4) is 10.6 Å². The van der Waals surface area contributed by atoms with Crippen LogP contribution in [-0.2, 0) is 0 Å². The lowest BCUT2D eigenvalue weighted by atomic mass is 10.1. The van der Waals surface area contributed by atoms with Crippen molar-refractivity contribution in [3.63, 3.8) is 0 Å². The van der Waals surface area contributed by atoms with Crippen molar-refractivity contribution in [2.75, 3.05) is 5.32 Å². The minimum Gasteiger partial charge on any atom is -0.298 e. The molecular formula is C16H14N2OS2. The molecule has 0 spiro atoms. The van der Waals surface area contributed by atoms with Crippen molar-refractivity contribution >= 4 is 33.7 Å². The Hall–Kier alpha value is -1.98. The molecule has 106 valence electrons. The van der Waals surface area contributed by atoms with E-state index >= 15 is 0 Å².